The van der Waals surface area contributed by atoms with Crippen molar-refractivity contribution in [2.24, 2.45) is 11.8 Å². The molecule has 0 aliphatic carbocycles. The van der Waals surface area contributed by atoms with Crippen molar-refractivity contribution in [3.05, 3.63) is 30.3 Å². The van der Waals surface area contributed by atoms with Gasteiger partial charge >= 0.3 is 6.03 Å². The summed E-state index contributed by atoms with van der Waals surface area (Å²) in [7, 11) is 0. The molecule has 5 nitrogen and oxygen atoms in total. The molecule has 5 heteroatoms. The molecule has 2 N–H and O–H groups in total. The van der Waals surface area contributed by atoms with E-state index in [0.717, 1.165) is 45.1 Å². The van der Waals surface area contributed by atoms with E-state index in [1.54, 1.807) is 0 Å². The summed E-state index contributed by atoms with van der Waals surface area (Å²) in [6.07, 6.45) is 3.71. The number of likely N-dealkylation sites (tertiary alicyclic amines) is 1. The molecule has 1 aromatic carbocycles. The number of piperidine rings is 1. The van der Waals surface area contributed by atoms with Crippen LogP contribution in [0.4, 0.5) is 10.5 Å². The van der Waals surface area contributed by atoms with Crippen LogP contribution in [0.1, 0.15) is 40.0 Å². The first-order valence-corrected chi connectivity index (χ1v) is 10.5. The Bertz CT molecular complexity index is 604. The molecule has 0 spiro atoms. The van der Waals surface area contributed by atoms with Gasteiger partial charge in [0.15, 0.2) is 0 Å². The Hall–Kier alpha value is -1.75. The van der Waals surface area contributed by atoms with Gasteiger partial charge < -0.3 is 15.5 Å². The number of para-hydroxylation sites is 1. The van der Waals surface area contributed by atoms with Crippen LogP contribution < -0.4 is 15.5 Å². The van der Waals surface area contributed by atoms with Gasteiger partial charge in [-0.05, 0) is 63.6 Å². The molecule has 0 saturated carbocycles. The number of benzene rings is 1. The third-order valence-electron chi connectivity index (χ3n) is 6.15. The Morgan fingerprint density at radius 1 is 1.11 bits per heavy atom. The highest BCUT2D eigenvalue weighted by Gasteiger charge is 2.30. The SMILES string of the molecule is C[C@@H]1CCCN(C(C)(C)CNC(=O)NC[C@H]2CCN(c3ccccc3)C2)C1. The molecule has 0 radical (unpaired) electrons. The Morgan fingerprint density at radius 2 is 1.89 bits per heavy atom. The summed E-state index contributed by atoms with van der Waals surface area (Å²) in [5, 5.41) is 6.18. The van der Waals surface area contributed by atoms with Crippen molar-refractivity contribution in [1.29, 1.82) is 0 Å². The van der Waals surface area contributed by atoms with Gasteiger partial charge in [0.1, 0.15) is 0 Å². The number of carbonyl (C=O) groups excluding carboxylic acids is 1. The lowest BCUT2D eigenvalue weighted by Gasteiger charge is -2.43. The van der Waals surface area contributed by atoms with Crippen molar-refractivity contribution in [3.63, 3.8) is 0 Å². The second-order valence-corrected chi connectivity index (χ2v) is 9.01. The van der Waals surface area contributed by atoms with Crippen LogP contribution >= 0.6 is 0 Å². The molecule has 2 heterocycles. The Morgan fingerprint density at radius 3 is 2.63 bits per heavy atom. The highest BCUT2D eigenvalue weighted by Crippen LogP contribution is 2.24. The molecule has 2 aliphatic rings. The number of rotatable bonds is 6. The van der Waals surface area contributed by atoms with E-state index in [1.807, 2.05) is 0 Å². The molecule has 2 fully saturated rings. The fraction of sp³-hybridized carbons (Fsp3) is 0.682. The van der Waals surface area contributed by atoms with Crippen molar-refractivity contribution in [1.82, 2.24) is 15.5 Å². The average Bonchev–Trinajstić information content (AvgIpc) is 3.15. The third kappa shape index (κ3) is 5.61. The van der Waals surface area contributed by atoms with Crippen LogP contribution in [-0.2, 0) is 0 Å². The van der Waals surface area contributed by atoms with E-state index >= 15 is 0 Å². The lowest BCUT2D eigenvalue weighted by Crippen LogP contribution is -2.55. The fourth-order valence-electron chi connectivity index (χ4n) is 4.32. The number of amides is 2. The minimum atomic E-state index is -0.0358. The molecule has 3 rings (SSSR count). The van der Waals surface area contributed by atoms with E-state index in [-0.39, 0.29) is 11.6 Å². The van der Waals surface area contributed by atoms with E-state index in [0.29, 0.717) is 12.5 Å². The van der Waals surface area contributed by atoms with Gasteiger partial charge in [-0.3, -0.25) is 4.90 Å². The number of nitrogens with zero attached hydrogens (tertiary/aromatic N) is 2. The zero-order chi connectivity index (χ0) is 19.3. The molecule has 2 saturated heterocycles. The first kappa shape index (κ1) is 20.0. The number of hydrogen-bond acceptors (Lipinski definition) is 3. The Kier molecular flexibility index (Phi) is 6.64. The van der Waals surface area contributed by atoms with Gasteiger partial charge in [0, 0.05) is 44.0 Å². The smallest absolute Gasteiger partial charge is 0.314 e. The predicted octanol–water partition coefficient (Wildman–Crippen LogP) is 3.32. The number of carbonyl (C=O) groups is 1. The molecule has 2 amide bonds. The lowest BCUT2D eigenvalue weighted by atomic mass is 9.93. The number of anilines is 1. The molecule has 2 atom stereocenters. The van der Waals surface area contributed by atoms with Crippen molar-refractivity contribution in [2.75, 3.05) is 44.2 Å². The first-order valence-electron chi connectivity index (χ1n) is 10.5. The van der Waals surface area contributed by atoms with Crippen molar-refractivity contribution in [2.45, 2.75) is 45.6 Å². The maximum atomic E-state index is 12.3. The molecule has 0 bridgehead atoms. The minimum Gasteiger partial charge on any atom is -0.371 e. The first-order chi connectivity index (χ1) is 12.9. The van der Waals surface area contributed by atoms with Crippen LogP contribution in [0.25, 0.3) is 0 Å². The molecular formula is C22H36N4O. The standard InChI is InChI=1S/C22H36N4O/c1-18-8-7-12-26(15-18)22(2,3)17-24-21(27)23-14-19-11-13-25(16-19)20-9-5-4-6-10-20/h4-6,9-10,18-19H,7-8,11-17H2,1-3H3,(H2,23,24,27)/t18-,19-/m1/s1. The molecule has 27 heavy (non-hydrogen) atoms. The third-order valence-corrected chi connectivity index (χ3v) is 6.15. The topological polar surface area (TPSA) is 47.6 Å². The van der Waals surface area contributed by atoms with E-state index in [2.05, 4.69) is 71.5 Å². The number of nitrogens with one attached hydrogen (secondary N) is 2. The van der Waals surface area contributed by atoms with Crippen molar-refractivity contribution in [3.8, 4) is 0 Å². The van der Waals surface area contributed by atoms with Crippen LogP contribution in [-0.4, -0.2) is 55.7 Å². The zero-order valence-corrected chi connectivity index (χ0v) is 17.2. The van der Waals surface area contributed by atoms with Crippen molar-refractivity contribution < 1.29 is 4.79 Å². The molecular weight excluding hydrogens is 336 g/mol. The number of urea groups is 1. The average molecular weight is 373 g/mol. The Balaban J connectivity index is 1.37. The summed E-state index contributed by atoms with van der Waals surface area (Å²) in [6.45, 7) is 12.6. The number of hydrogen-bond donors (Lipinski definition) is 2. The van der Waals surface area contributed by atoms with E-state index in [4.69, 9.17) is 0 Å². The summed E-state index contributed by atoms with van der Waals surface area (Å²) >= 11 is 0. The van der Waals surface area contributed by atoms with Crippen LogP contribution in [0.3, 0.4) is 0 Å². The highest BCUT2D eigenvalue weighted by atomic mass is 16.2. The molecule has 1 aromatic rings. The Labute approximate surface area is 164 Å². The lowest BCUT2D eigenvalue weighted by molar-refractivity contribution is 0.0724. The van der Waals surface area contributed by atoms with Crippen molar-refractivity contribution >= 4 is 11.7 Å². The molecule has 0 aromatic heterocycles. The maximum absolute atomic E-state index is 12.3. The second-order valence-electron chi connectivity index (χ2n) is 9.01. The van der Waals surface area contributed by atoms with Gasteiger partial charge in [0.2, 0.25) is 0 Å². The summed E-state index contributed by atoms with van der Waals surface area (Å²) in [5.74, 6) is 1.27. The van der Waals surface area contributed by atoms with Gasteiger partial charge in [-0.2, -0.15) is 0 Å². The quantitative estimate of drug-likeness (QED) is 0.805. The molecule has 2 aliphatic heterocycles. The predicted molar refractivity (Wildman–Crippen MR) is 112 cm³/mol. The van der Waals surface area contributed by atoms with Crippen LogP contribution in [0, 0.1) is 11.8 Å². The van der Waals surface area contributed by atoms with Gasteiger partial charge in [0.25, 0.3) is 0 Å². The summed E-state index contributed by atoms with van der Waals surface area (Å²) < 4.78 is 0. The largest absolute Gasteiger partial charge is 0.371 e. The van der Waals surface area contributed by atoms with Crippen LogP contribution in [0.15, 0.2) is 30.3 Å². The van der Waals surface area contributed by atoms with E-state index in [1.165, 1.54) is 18.5 Å². The van der Waals surface area contributed by atoms with E-state index < -0.39 is 0 Å². The van der Waals surface area contributed by atoms with E-state index in [9.17, 15) is 4.79 Å². The second kappa shape index (κ2) is 8.96. The highest BCUT2D eigenvalue weighted by molar-refractivity contribution is 5.73. The molecule has 150 valence electrons. The van der Waals surface area contributed by atoms with Gasteiger partial charge in [-0.25, -0.2) is 4.79 Å². The summed E-state index contributed by atoms with van der Waals surface area (Å²) in [4.78, 5) is 17.2. The van der Waals surface area contributed by atoms with Gasteiger partial charge in [-0.15, -0.1) is 0 Å². The minimum absolute atomic E-state index is 0.00346. The zero-order valence-electron chi connectivity index (χ0n) is 17.2. The van der Waals surface area contributed by atoms with Crippen LogP contribution in [0.2, 0.25) is 0 Å². The maximum Gasteiger partial charge on any atom is 0.314 e. The van der Waals surface area contributed by atoms with Gasteiger partial charge in [0.05, 0.1) is 0 Å². The fourth-order valence-corrected chi connectivity index (χ4v) is 4.32. The monoisotopic (exact) mass is 372 g/mol. The normalized spacial score (nSPS) is 24.0. The van der Waals surface area contributed by atoms with Crippen LogP contribution in [0.5, 0.6) is 0 Å². The summed E-state index contributed by atoms with van der Waals surface area (Å²) in [5.41, 5.74) is 1.28. The van der Waals surface area contributed by atoms with Gasteiger partial charge in [-0.1, -0.05) is 25.1 Å². The summed E-state index contributed by atoms with van der Waals surface area (Å²) in [6, 6.07) is 10.5. The molecule has 0 unspecified atom stereocenters.